The summed E-state index contributed by atoms with van der Waals surface area (Å²) in [5, 5.41) is 9.98. The minimum atomic E-state index is -4.78. The van der Waals surface area contributed by atoms with Gasteiger partial charge in [-0.2, -0.15) is 0 Å². The Labute approximate surface area is 304 Å². The third-order valence-corrected chi connectivity index (χ3v) is 8.67. The van der Waals surface area contributed by atoms with Crippen LogP contribution in [0.25, 0.3) is 0 Å². The van der Waals surface area contributed by atoms with E-state index in [1.54, 1.807) is 6.08 Å². The van der Waals surface area contributed by atoms with Crippen molar-refractivity contribution in [1.82, 2.24) is 0 Å². The third kappa shape index (κ3) is 37.2. The second kappa shape index (κ2) is 35.4. The smallest absolute Gasteiger partial charge is 0.462 e. The van der Waals surface area contributed by atoms with Gasteiger partial charge in [0.05, 0.1) is 12.7 Å². The van der Waals surface area contributed by atoms with E-state index in [0.717, 1.165) is 25.7 Å². The van der Waals surface area contributed by atoms with Crippen molar-refractivity contribution in [3.05, 3.63) is 48.6 Å². The summed E-state index contributed by atoms with van der Waals surface area (Å²) in [5.41, 5.74) is 0. The number of allylic oxidation sites excluding steroid dienone is 6. The lowest BCUT2D eigenvalue weighted by Gasteiger charge is -2.18. The standard InChI is InChI=1S/C40H71O9P/c1-3-5-7-9-11-12-13-14-15-16-17-21-25-29-33-39(42)47-35-38(36-48-50(44,45)46)49-40(43)34-30-26-22-19-18-20-24-28-32-37(41)31-27-23-10-8-6-4-2/h19-20,22-24,27-28,32,37-38,41H,3-18,21,25-26,29-31,33-36H2,1-2H3,(H2,44,45,46)/b22-19-,24-20-,27-23-,32-28+/t37-,38+/m0/s1. The average molecular weight is 727 g/mol. The first-order valence-corrected chi connectivity index (χ1v) is 21.1. The van der Waals surface area contributed by atoms with Crippen molar-refractivity contribution in [2.24, 2.45) is 0 Å². The first-order valence-electron chi connectivity index (χ1n) is 19.5. The number of phosphoric ester groups is 1. The van der Waals surface area contributed by atoms with Crippen molar-refractivity contribution in [1.29, 1.82) is 0 Å². The van der Waals surface area contributed by atoms with Crippen LogP contribution in [0.4, 0.5) is 0 Å². The van der Waals surface area contributed by atoms with Crippen molar-refractivity contribution in [3.8, 4) is 0 Å². The first kappa shape index (κ1) is 48.0. The van der Waals surface area contributed by atoms with Gasteiger partial charge in [-0.25, -0.2) is 4.57 Å². The lowest BCUT2D eigenvalue weighted by atomic mass is 10.0. The fraction of sp³-hybridized carbons (Fsp3) is 0.750. The van der Waals surface area contributed by atoms with Crippen LogP contribution in [-0.4, -0.2) is 52.3 Å². The fourth-order valence-corrected chi connectivity index (χ4v) is 5.57. The molecule has 0 spiro atoms. The van der Waals surface area contributed by atoms with E-state index in [0.29, 0.717) is 32.1 Å². The number of carbonyl (C=O) groups excluding carboxylic acids is 2. The van der Waals surface area contributed by atoms with Crippen LogP contribution in [0.1, 0.15) is 168 Å². The van der Waals surface area contributed by atoms with Crippen LogP contribution in [-0.2, 0) is 28.2 Å². The molecule has 0 saturated carbocycles. The number of hydrogen-bond acceptors (Lipinski definition) is 7. The number of hydrogen-bond donors (Lipinski definition) is 3. The van der Waals surface area contributed by atoms with E-state index in [-0.39, 0.29) is 19.4 Å². The highest BCUT2D eigenvalue weighted by atomic mass is 31.2. The Hall–Kier alpha value is -2.03. The molecule has 0 saturated heterocycles. The van der Waals surface area contributed by atoms with E-state index in [4.69, 9.17) is 19.3 Å². The van der Waals surface area contributed by atoms with Crippen molar-refractivity contribution in [2.75, 3.05) is 13.2 Å². The molecule has 290 valence electrons. The quantitative estimate of drug-likeness (QED) is 0.0191. The molecule has 0 rings (SSSR count). The zero-order valence-electron chi connectivity index (χ0n) is 31.4. The zero-order valence-corrected chi connectivity index (χ0v) is 32.3. The van der Waals surface area contributed by atoms with Gasteiger partial charge in [0.15, 0.2) is 6.10 Å². The van der Waals surface area contributed by atoms with Gasteiger partial charge in [-0.05, 0) is 44.9 Å². The number of ether oxygens (including phenoxy) is 2. The van der Waals surface area contributed by atoms with Gasteiger partial charge in [-0.15, -0.1) is 0 Å². The number of phosphoric acid groups is 1. The fourth-order valence-electron chi connectivity index (χ4n) is 5.21. The summed E-state index contributed by atoms with van der Waals surface area (Å²) in [6.45, 7) is 3.53. The number of carbonyl (C=O) groups is 2. The second-order valence-corrected chi connectivity index (χ2v) is 14.3. The largest absolute Gasteiger partial charge is 0.469 e. The van der Waals surface area contributed by atoms with Gasteiger partial charge in [-0.3, -0.25) is 14.1 Å². The molecular weight excluding hydrogens is 655 g/mol. The topological polar surface area (TPSA) is 140 Å². The van der Waals surface area contributed by atoms with Gasteiger partial charge in [0.25, 0.3) is 0 Å². The molecule has 3 N–H and O–H groups in total. The second-order valence-electron chi connectivity index (χ2n) is 13.1. The molecule has 0 radical (unpaired) electrons. The number of esters is 2. The van der Waals surface area contributed by atoms with Crippen LogP contribution in [0.5, 0.6) is 0 Å². The highest BCUT2D eigenvalue weighted by Gasteiger charge is 2.22. The summed E-state index contributed by atoms with van der Waals surface area (Å²) >= 11 is 0. The van der Waals surface area contributed by atoms with Crippen LogP contribution in [0.15, 0.2) is 48.6 Å². The highest BCUT2D eigenvalue weighted by Crippen LogP contribution is 2.36. The Morgan fingerprint density at radius 3 is 1.78 bits per heavy atom. The molecule has 0 aliphatic heterocycles. The maximum atomic E-state index is 12.3. The minimum Gasteiger partial charge on any atom is -0.462 e. The van der Waals surface area contributed by atoms with Crippen molar-refractivity contribution < 1.29 is 43.0 Å². The van der Waals surface area contributed by atoms with E-state index in [9.17, 15) is 19.3 Å². The molecule has 0 aromatic heterocycles. The molecule has 0 aromatic rings. The van der Waals surface area contributed by atoms with Crippen molar-refractivity contribution >= 4 is 19.8 Å². The molecule has 2 atom stereocenters. The van der Waals surface area contributed by atoms with Crippen LogP contribution in [0.2, 0.25) is 0 Å². The van der Waals surface area contributed by atoms with E-state index in [1.165, 1.54) is 83.5 Å². The number of aliphatic hydroxyl groups is 1. The minimum absolute atomic E-state index is 0.104. The average Bonchev–Trinajstić information content (AvgIpc) is 3.08. The van der Waals surface area contributed by atoms with Gasteiger partial charge in [0.2, 0.25) is 0 Å². The predicted molar refractivity (Wildman–Crippen MR) is 204 cm³/mol. The van der Waals surface area contributed by atoms with Gasteiger partial charge < -0.3 is 24.4 Å². The van der Waals surface area contributed by atoms with Gasteiger partial charge in [0.1, 0.15) is 6.61 Å². The number of aliphatic hydroxyl groups excluding tert-OH is 1. The SMILES string of the molecule is CCCCC/C=C\C[C@H](O)/C=C/C=C\C/C=C\CCCC(=O)O[C@H](COC(=O)CCCCCCCCCCCCCCCC)COP(=O)(O)O. The van der Waals surface area contributed by atoms with Crippen molar-refractivity contribution in [3.63, 3.8) is 0 Å². The zero-order chi connectivity index (χ0) is 37.0. The number of rotatable bonds is 35. The third-order valence-electron chi connectivity index (χ3n) is 8.18. The molecule has 0 aliphatic rings. The van der Waals surface area contributed by atoms with Gasteiger partial charge in [-0.1, -0.05) is 159 Å². The first-order chi connectivity index (χ1) is 24.2. The van der Waals surface area contributed by atoms with Crippen LogP contribution >= 0.6 is 7.82 Å². The summed E-state index contributed by atoms with van der Waals surface area (Å²) in [6, 6.07) is 0. The molecule has 0 aliphatic carbocycles. The Kier molecular flexibility index (Phi) is 33.9. The summed E-state index contributed by atoms with van der Waals surface area (Å²) in [4.78, 5) is 42.7. The lowest BCUT2D eigenvalue weighted by Crippen LogP contribution is -2.29. The molecule has 9 nitrogen and oxygen atoms in total. The molecule has 0 aromatic carbocycles. The van der Waals surface area contributed by atoms with E-state index in [1.807, 2.05) is 36.5 Å². The van der Waals surface area contributed by atoms with E-state index >= 15 is 0 Å². The molecular formula is C40H71O9P. The lowest BCUT2D eigenvalue weighted by molar-refractivity contribution is -0.161. The normalized spacial score (nSPS) is 13.6. The van der Waals surface area contributed by atoms with Crippen LogP contribution in [0.3, 0.4) is 0 Å². The van der Waals surface area contributed by atoms with Gasteiger partial charge in [0, 0.05) is 12.8 Å². The maximum absolute atomic E-state index is 12.3. The molecule has 0 unspecified atom stereocenters. The van der Waals surface area contributed by atoms with Crippen LogP contribution < -0.4 is 0 Å². The Morgan fingerprint density at radius 2 is 1.16 bits per heavy atom. The maximum Gasteiger partial charge on any atom is 0.469 e. The monoisotopic (exact) mass is 726 g/mol. The molecule has 0 fully saturated rings. The summed E-state index contributed by atoms with van der Waals surface area (Å²) in [5.74, 6) is -0.988. The summed E-state index contributed by atoms with van der Waals surface area (Å²) in [6.07, 6.45) is 38.6. The molecule has 10 heteroatoms. The number of unbranched alkanes of at least 4 members (excludes halogenated alkanes) is 17. The Balaban J connectivity index is 4.13. The Morgan fingerprint density at radius 1 is 0.620 bits per heavy atom. The molecule has 0 amide bonds. The van der Waals surface area contributed by atoms with Crippen LogP contribution in [0, 0.1) is 0 Å². The predicted octanol–water partition coefficient (Wildman–Crippen LogP) is 10.5. The summed E-state index contributed by atoms with van der Waals surface area (Å²) < 4.78 is 26.2. The molecule has 0 bridgehead atoms. The van der Waals surface area contributed by atoms with E-state index < -0.39 is 38.6 Å². The Bertz CT molecular complexity index is 970. The van der Waals surface area contributed by atoms with E-state index in [2.05, 4.69) is 24.4 Å². The highest BCUT2D eigenvalue weighted by molar-refractivity contribution is 7.46. The molecule has 50 heavy (non-hydrogen) atoms. The molecule has 0 heterocycles. The van der Waals surface area contributed by atoms with Gasteiger partial charge >= 0.3 is 19.8 Å². The van der Waals surface area contributed by atoms with Crippen molar-refractivity contribution in [2.45, 2.75) is 180 Å². The summed E-state index contributed by atoms with van der Waals surface area (Å²) in [7, 11) is -4.78.